The maximum Gasteiger partial charge on any atom is 0.441 e. The van der Waals surface area contributed by atoms with Gasteiger partial charge in [-0.2, -0.15) is 13.2 Å². The molecule has 1 heterocycles. The molecule has 2 unspecified atom stereocenters. The van der Waals surface area contributed by atoms with Gasteiger partial charge in [0.1, 0.15) is 6.04 Å². The molecule has 0 radical (unpaired) electrons. The number of halogens is 3. The van der Waals surface area contributed by atoms with Crippen LogP contribution in [0.1, 0.15) is 13.3 Å². The Morgan fingerprint density at radius 2 is 2.15 bits per heavy atom. The SMILES string of the molecule is CCC1SCC(C(=O)O)N1C(=O)NCCSC(F)(F)F. The normalized spacial score (nSPS) is 22.9. The van der Waals surface area contributed by atoms with E-state index in [-0.39, 0.29) is 29.4 Å². The van der Waals surface area contributed by atoms with Crippen molar-refractivity contribution in [1.29, 1.82) is 0 Å². The number of alkyl halides is 3. The number of carboxylic acid groups (broad SMARTS) is 1. The molecule has 116 valence electrons. The lowest BCUT2D eigenvalue weighted by Gasteiger charge is -2.26. The number of thioether (sulfide) groups is 2. The van der Waals surface area contributed by atoms with Crippen molar-refractivity contribution >= 4 is 35.5 Å². The second-order valence-corrected chi connectivity index (χ2v) is 6.35. The van der Waals surface area contributed by atoms with Gasteiger partial charge in [0.05, 0.1) is 5.37 Å². The summed E-state index contributed by atoms with van der Waals surface area (Å²) < 4.78 is 35.8. The van der Waals surface area contributed by atoms with Crippen LogP contribution in [0.5, 0.6) is 0 Å². The highest BCUT2D eigenvalue weighted by Gasteiger charge is 2.40. The molecule has 2 amide bonds. The van der Waals surface area contributed by atoms with Gasteiger partial charge < -0.3 is 10.4 Å². The number of carbonyl (C=O) groups excluding carboxylic acids is 1. The molecule has 1 rings (SSSR count). The Balaban J connectivity index is 2.49. The van der Waals surface area contributed by atoms with Crippen LogP contribution in [0.2, 0.25) is 0 Å². The Morgan fingerprint density at radius 3 is 2.65 bits per heavy atom. The van der Waals surface area contributed by atoms with E-state index in [1.54, 1.807) is 0 Å². The third-order valence-electron chi connectivity index (χ3n) is 2.61. The van der Waals surface area contributed by atoms with E-state index in [0.29, 0.717) is 12.2 Å². The summed E-state index contributed by atoms with van der Waals surface area (Å²) in [5.41, 5.74) is -4.33. The summed E-state index contributed by atoms with van der Waals surface area (Å²) >= 11 is 1.13. The Bertz CT molecular complexity index is 368. The van der Waals surface area contributed by atoms with Crippen LogP contribution in [0.25, 0.3) is 0 Å². The molecule has 0 aromatic carbocycles. The zero-order chi connectivity index (χ0) is 15.3. The number of hydrogen-bond donors (Lipinski definition) is 2. The van der Waals surface area contributed by atoms with Crippen LogP contribution in [0.15, 0.2) is 0 Å². The van der Waals surface area contributed by atoms with Gasteiger partial charge >= 0.3 is 17.5 Å². The Labute approximate surface area is 122 Å². The highest BCUT2D eigenvalue weighted by Crippen LogP contribution is 2.31. The van der Waals surface area contributed by atoms with Crippen LogP contribution in [-0.4, -0.2) is 57.0 Å². The van der Waals surface area contributed by atoms with Crippen LogP contribution in [-0.2, 0) is 4.79 Å². The molecular weight excluding hydrogens is 317 g/mol. The molecule has 0 aliphatic carbocycles. The van der Waals surface area contributed by atoms with Crippen molar-refractivity contribution in [3.63, 3.8) is 0 Å². The van der Waals surface area contributed by atoms with Crippen molar-refractivity contribution in [3.8, 4) is 0 Å². The summed E-state index contributed by atoms with van der Waals surface area (Å²) in [5, 5.41) is 11.1. The molecule has 1 aliphatic heterocycles. The Kier molecular flexibility index (Phi) is 6.31. The van der Waals surface area contributed by atoms with Gasteiger partial charge in [0.2, 0.25) is 0 Å². The zero-order valence-electron chi connectivity index (χ0n) is 10.6. The molecule has 0 bridgehead atoms. The molecule has 1 saturated heterocycles. The highest BCUT2D eigenvalue weighted by atomic mass is 32.2. The number of carbonyl (C=O) groups is 2. The Morgan fingerprint density at radius 1 is 1.50 bits per heavy atom. The maximum absolute atomic E-state index is 11.9. The maximum atomic E-state index is 11.9. The molecule has 1 aliphatic rings. The van der Waals surface area contributed by atoms with E-state index in [2.05, 4.69) is 5.32 Å². The predicted octanol–water partition coefficient (Wildman–Crippen LogP) is 2.19. The van der Waals surface area contributed by atoms with Crippen LogP contribution in [0.4, 0.5) is 18.0 Å². The first-order valence-corrected chi connectivity index (χ1v) is 7.91. The van der Waals surface area contributed by atoms with E-state index >= 15 is 0 Å². The monoisotopic (exact) mass is 332 g/mol. The quantitative estimate of drug-likeness (QED) is 0.755. The van der Waals surface area contributed by atoms with Crippen LogP contribution in [0.3, 0.4) is 0 Å². The van der Waals surface area contributed by atoms with E-state index in [1.807, 2.05) is 6.92 Å². The average Bonchev–Trinajstić information content (AvgIpc) is 2.77. The third-order valence-corrected chi connectivity index (χ3v) is 4.79. The fourth-order valence-corrected chi connectivity index (χ4v) is 3.54. The minimum absolute atomic E-state index is 0.160. The molecule has 0 aromatic rings. The first-order valence-electron chi connectivity index (χ1n) is 5.87. The largest absolute Gasteiger partial charge is 0.480 e. The number of amides is 2. The summed E-state index contributed by atoms with van der Waals surface area (Å²) in [6, 6.07) is -1.56. The molecule has 10 heteroatoms. The third kappa shape index (κ3) is 4.97. The number of hydrogen-bond acceptors (Lipinski definition) is 4. The lowest BCUT2D eigenvalue weighted by Crippen LogP contribution is -2.50. The molecular formula is C10H15F3N2O3S2. The predicted molar refractivity (Wildman–Crippen MR) is 71.7 cm³/mol. The van der Waals surface area contributed by atoms with Gasteiger partial charge in [0.25, 0.3) is 0 Å². The topological polar surface area (TPSA) is 69.6 Å². The fourth-order valence-electron chi connectivity index (χ4n) is 1.76. The van der Waals surface area contributed by atoms with Gasteiger partial charge in [0, 0.05) is 18.1 Å². The fraction of sp³-hybridized carbons (Fsp3) is 0.800. The lowest BCUT2D eigenvalue weighted by atomic mass is 10.3. The first-order chi connectivity index (χ1) is 9.26. The number of carboxylic acids is 1. The van der Waals surface area contributed by atoms with E-state index in [1.165, 1.54) is 16.7 Å². The minimum Gasteiger partial charge on any atom is -0.480 e. The molecule has 5 nitrogen and oxygen atoms in total. The highest BCUT2D eigenvalue weighted by molar-refractivity contribution is 8.00. The molecule has 0 aromatic heterocycles. The number of rotatable bonds is 5. The van der Waals surface area contributed by atoms with E-state index in [0.717, 1.165) is 0 Å². The van der Waals surface area contributed by atoms with Crippen LogP contribution < -0.4 is 5.32 Å². The second-order valence-electron chi connectivity index (χ2n) is 3.98. The van der Waals surface area contributed by atoms with Gasteiger partial charge in [-0.25, -0.2) is 9.59 Å². The molecule has 2 N–H and O–H groups in total. The van der Waals surface area contributed by atoms with E-state index in [9.17, 15) is 22.8 Å². The van der Waals surface area contributed by atoms with Crippen LogP contribution >= 0.6 is 23.5 Å². The number of nitrogens with one attached hydrogen (secondary N) is 1. The van der Waals surface area contributed by atoms with Gasteiger partial charge in [-0.15, -0.1) is 11.8 Å². The smallest absolute Gasteiger partial charge is 0.441 e. The number of nitrogens with zero attached hydrogens (tertiary/aromatic N) is 1. The van der Waals surface area contributed by atoms with Gasteiger partial charge in [0.15, 0.2) is 0 Å². The van der Waals surface area contributed by atoms with E-state index in [4.69, 9.17) is 5.11 Å². The molecule has 20 heavy (non-hydrogen) atoms. The second kappa shape index (κ2) is 7.30. The molecule has 2 atom stereocenters. The van der Waals surface area contributed by atoms with Gasteiger partial charge in [-0.3, -0.25) is 4.90 Å². The van der Waals surface area contributed by atoms with Gasteiger partial charge in [-0.05, 0) is 18.2 Å². The van der Waals surface area contributed by atoms with Crippen molar-refractivity contribution in [2.75, 3.05) is 18.1 Å². The summed E-state index contributed by atoms with van der Waals surface area (Å²) in [7, 11) is 0. The standard InChI is InChI=1S/C10H15F3N2O3S2/c1-2-7-15(6(5-19-7)8(16)17)9(18)14-3-4-20-10(11,12)13/h6-7H,2-5H2,1H3,(H,14,18)(H,16,17). The summed E-state index contributed by atoms with van der Waals surface area (Å²) in [6.07, 6.45) is 0.583. The first kappa shape index (κ1) is 17.3. The number of urea groups is 1. The summed E-state index contributed by atoms with van der Waals surface area (Å²) in [5.74, 6) is -1.11. The van der Waals surface area contributed by atoms with E-state index < -0.39 is 23.6 Å². The summed E-state index contributed by atoms with van der Waals surface area (Å²) in [4.78, 5) is 24.2. The average molecular weight is 332 g/mol. The Hall–Kier alpha value is -0.770. The molecule has 0 saturated carbocycles. The van der Waals surface area contributed by atoms with Crippen molar-refractivity contribution in [2.45, 2.75) is 30.3 Å². The molecule has 1 fully saturated rings. The van der Waals surface area contributed by atoms with Crippen molar-refractivity contribution in [1.82, 2.24) is 10.2 Å². The number of aliphatic carboxylic acids is 1. The summed E-state index contributed by atoms with van der Waals surface area (Å²) in [6.45, 7) is 1.66. The van der Waals surface area contributed by atoms with Crippen molar-refractivity contribution in [3.05, 3.63) is 0 Å². The van der Waals surface area contributed by atoms with Crippen LogP contribution in [0, 0.1) is 0 Å². The van der Waals surface area contributed by atoms with Gasteiger partial charge in [-0.1, -0.05) is 6.92 Å². The lowest BCUT2D eigenvalue weighted by molar-refractivity contribution is -0.141. The van der Waals surface area contributed by atoms with Crippen molar-refractivity contribution in [2.24, 2.45) is 0 Å². The molecule has 0 spiro atoms. The minimum atomic E-state index is -4.33. The zero-order valence-corrected chi connectivity index (χ0v) is 12.3. The van der Waals surface area contributed by atoms with Crippen molar-refractivity contribution < 1.29 is 27.9 Å².